The predicted octanol–water partition coefficient (Wildman–Crippen LogP) is 1.92. The van der Waals surface area contributed by atoms with Crippen LogP contribution in [-0.2, 0) is 6.54 Å². The lowest BCUT2D eigenvalue weighted by molar-refractivity contribution is 0.0910. The zero-order valence-corrected chi connectivity index (χ0v) is 12.6. The molecule has 0 radical (unpaired) electrons. The second kappa shape index (κ2) is 5.95. The van der Waals surface area contributed by atoms with Gasteiger partial charge in [0.15, 0.2) is 0 Å². The molecule has 1 aromatic heterocycles. The lowest BCUT2D eigenvalue weighted by Crippen LogP contribution is -2.36. The second-order valence-corrected chi connectivity index (χ2v) is 6.45. The third-order valence-electron chi connectivity index (χ3n) is 3.68. The van der Waals surface area contributed by atoms with Crippen molar-refractivity contribution in [3.63, 3.8) is 0 Å². The normalized spacial score (nSPS) is 15.4. The summed E-state index contributed by atoms with van der Waals surface area (Å²) in [5, 5.41) is 16.5. The van der Waals surface area contributed by atoms with Crippen LogP contribution in [0.4, 0.5) is 0 Å². The van der Waals surface area contributed by atoms with E-state index in [4.69, 9.17) is 0 Å². The number of amides is 1. The molecule has 5 nitrogen and oxygen atoms in total. The fourth-order valence-corrected chi connectivity index (χ4v) is 2.22. The van der Waals surface area contributed by atoms with E-state index in [1.807, 2.05) is 18.5 Å². The minimum absolute atomic E-state index is 0.0534. The van der Waals surface area contributed by atoms with E-state index in [-0.39, 0.29) is 17.9 Å². The summed E-state index contributed by atoms with van der Waals surface area (Å²) in [6, 6.07) is 0. The van der Waals surface area contributed by atoms with Crippen molar-refractivity contribution in [2.45, 2.75) is 52.5 Å². The van der Waals surface area contributed by atoms with E-state index in [0.717, 1.165) is 31.5 Å². The van der Waals surface area contributed by atoms with Gasteiger partial charge in [-0.05, 0) is 19.3 Å². The second-order valence-electron chi connectivity index (χ2n) is 6.45. The van der Waals surface area contributed by atoms with E-state index < -0.39 is 0 Å². The molecule has 1 saturated carbocycles. The number of aliphatic hydroxyl groups excluding tert-OH is 1. The maximum Gasteiger partial charge on any atom is 0.254 e. The quantitative estimate of drug-likeness (QED) is 0.801. The lowest BCUT2D eigenvalue weighted by atomic mass is 9.95. The highest BCUT2D eigenvalue weighted by Gasteiger charge is 2.32. The van der Waals surface area contributed by atoms with Crippen LogP contribution in [0.2, 0.25) is 0 Å². The monoisotopic (exact) mass is 279 g/mol. The van der Waals surface area contributed by atoms with Crippen LogP contribution in [0, 0.1) is 5.41 Å². The van der Waals surface area contributed by atoms with Gasteiger partial charge in [0.25, 0.3) is 5.91 Å². The fourth-order valence-electron chi connectivity index (χ4n) is 2.22. The Morgan fingerprint density at radius 3 is 2.80 bits per heavy atom. The van der Waals surface area contributed by atoms with Gasteiger partial charge in [-0.15, -0.1) is 0 Å². The molecule has 2 N–H and O–H groups in total. The fraction of sp³-hybridized carbons (Fsp3) is 0.733. The SMILES string of the molecule is CCCn1ncc(C(=O)NCC(C)(C)CO)c1C1CC1. The van der Waals surface area contributed by atoms with Crippen molar-refractivity contribution < 1.29 is 9.90 Å². The van der Waals surface area contributed by atoms with Crippen LogP contribution in [0.15, 0.2) is 6.20 Å². The Kier molecular flexibility index (Phi) is 4.48. The van der Waals surface area contributed by atoms with Crippen molar-refractivity contribution in [1.29, 1.82) is 0 Å². The van der Waals surface area contributed by atoms with E-state index in [1.165, 1.54) is 0 Å². The molecule has 1 amide bonds. The standard InChI is InChI=1S/C15H25N3O2/c1-4-7-18-13(11-5-6-11)12(8-17-18)14(20)16-9-15(2,3)10-19/h8,11,19H,4-7,9-10H2,1-3H3,(H,16,20). The average Bonchev–Trinajstić information content (AvgIpc) is 3.18. The number of carbonyl (C=O) groups is 1. The number of aromatic nitrogens is 2. The third-order valence-corrected chi connectivity index (χ3v) is 3.68. The first-order chi connectivity index (χ1) is 9.48. The molecule has 0 atom stereocenters. The van der Waals surface area contributed by atoms with Gasteiger partial charge in [0.1, 0.15) is 0 Å². The Morgan fingerprint density at radius 1 is 1.55 bits per heavy atom. The van der Waals surface area contributed by atoms with E-state index in [1.54, 1.807) is 6.20 Å². The van der Waals surface area contributed by atoms with Gasteiger partial charge < -0.3 is 10.4 Å². The van der Waals surface area contributed by atoms with Gasteiger partial charge in [-0.1, -0.05) is 20.8 Å². The van der Waals surface area contributed by atoms with Gasteiger partial charge in [0.2, 0.25) is 0 Å². The average molecular weight is 279 g/mol. The van der Waals surface area contributed by atoms with Gasteiger partial charge >= 0.3 is 0 Å². The van der Waals surface area contributed by atoms with Crippen LogP contribution in [0.25, 0.3) is 0 Å². The number of nitrogens with one attached hydrogen (secondary N) is 1. The molecule has 1 heterocycles. The maximum atomic E-state index is 12.3. The molecule has 112 valence electrons. The van der Waals surface area contributed by atoms with E-state index in [2.05, 4.69) is 17.3 Å². The Morgan fingerprint density at radius 2 is 2.25 bits per heavy atom. The summed E-state index contributed by atoms with van der Waals surface area (Å²) in [7, 11) is 0. The number of hydrogen-bond acceptors (Lipinski definition) is 3. The first-order valence-electron chi connectivity index (χ1n) is 7.43. The highest BCUT2D eigenvalue weighted by molar-refractivity contribution is 5.95. The summed E-state index contributed by atoms with van der Waals surface area (Å²) in [5.41, 5.74) is 1.50. The molecule has 2 rings (SSSR count). The lowest BCUT2D eigenvalue weighted by Gasteiger charge is -2.21. The minimum atomic E-state index is -0.297. The van der Waals surface area contributed by atoms with Gasteiger partial charge in [-0.2, -0.15) is 5.10 Å². The molecular weight excluding hydrogens is 254 g/mol. The summed E-state index contributed by atoms with van der Waals surface area (Å²) in [5.74, 6) is 0.423. The van der Waals surface area contributed by atoms with Gasteiger partial charge in [0.05, 0.1) is 17.5 Å². The van der Waals surface area contributed by atoms with Crippen LogP contribution in [-0.4, -0.2) is 33.9 Å². The van der Waals surface area contributed by atoms with E-state index in [0.29, 0.717) is 18.0 Å². The zero-order chi connectivity index (χ0) is 14.8. The molecule has 0 bridgehead atoms. The largest absolute Gasteiger partial charge is 0.396 e. The molecular formula is C15H25N3O2. The number of carbonyl (C=O) groups excluding carboxylic acids is 1. The number of aryl methyl sites for hydroxylation is 1. The van der Waals surface area contributed by atoms with Crippen molar-refractivity contribution in [3.05, 3.63) is 17.5 Å². The summed E-state index contributed by atoms with van der Waals surface area (Å²) in [6.07, 6.45) is 5.00. The maximum absolute atomic E-state index is 12.3. The van der Waals surface area contributed by atoms with E-state index in [9.17, 15) is 9.90 Å². The highest BCUT2D eigenvalue weighted by atomic mass is 16.3. The van der Waals surface area contributed by atoms with Crippen molar-refractivity contribution in [2.24, 2.45) is 5.41 Å². The number of nitrogens with zero attached hydrogens (tertiary/aromatic N) is 2. The number of rotatable bonds is 7. The number of hydrogen-bond donors (Lipinski definition) is 2. The third kappa shape index (κ3) is 3.39. The van der Waals surface area contributed by atoms with Crippen LogP contribution >= 0.6 is 0 Å². The Balaban J connectivity index is 2.10. The van der Waals surface area contributed by atoms with E-state index >= 15 is 0 Å². The summed E-state index contributed by atoms with van der Waals surface area (Å²) < 4.78 is 1.98. The van der Waals surface area contributed by atoms with Crippen molar-refractivity contribution in [1.82, 2.24) is 15.1 Å². The van der Waals surface area contributed by atoms with Crippen molar-refractivity contribution in [2.75, 3.05) is 13.2 Å². The molecule has 1 aliphatic carbocycles. The van der Waals surface area contributed by atoms with Crippen molar-refractivity contribution in [3.8, 4) is 0 Å². The first-order valence-corrected chi connectivity index (χ1v) is 7.43. The van der Waals surface area contributed by atoms with Crippen LogP contribution in [0.3, 0.4) is 0 Å². The van der Waals surface area contributed by atoms with Gasteiger partial charge in [0, 0.05) is 31.0 Å². The number of aliphatic hydroxyl groups is 1. The molecule has 1 aromatic rings. The Labute approximate surface area is 120 Å². The smallest absolute Gasteiger partial charge is 0.254 e. The Hall–Kier alpha value is -1.36. The molecule has 0 aliphatic heterocycles. The molecule has 0 spiro atoms. The Bertz CT molecular complexity index is 475. The summed E-state index contributed by atoms with van der Waals surface area (Å²) in [6.45, 7) is 7.34. The topological polar surface area (TPSA) is 67.2 Å². The molecule has 1 aliphatic rings. The molecule has 0 saturated heterocycles. The highest BCUT2D eigenvalue weighted by Crippen LogP contribution is 2.41. The summed E-state index contributed by atoms with van der Waals surface area (Å²) >= 11 is 0. The van der Waals surface area contributed by atoms with Crippen molar-refractivity contribution >= 4 is 5.91 Å². The molecule has 0 unspecified atom stereocenters. The van der Waals surface area contributed by atoms with Gasteiger partial charge in [-0.25, -0.2) is 0 Å². The van der Waals surface area contributed by atoms with Crippen LogP contribution in [0.1, 0.15) is 62.0 Å². The molecule has 0 aromatic carbocycles. The minimum Gasteiger partial charge on any atom is -0.396 e. The molecule has 20 heavy (non-hydrogen) atoms. The first kappa shape index (κ1) is 15.0. The zero-order valence-electron chi connectivity index (χ0n) is 12.6. The summed E-state index contributed by atoms with van der Waals surface area (Å²) in [4.78, 5) is 12.3. The molecule has 5 heteroatoms. The van der Waals surface area contributed by atoms with Crippen LogP contribution in [0.5, 0.6) is 0 Å². The van der Waals surface area contributed by atoms with Gasteiger partial charge in [-0.3, -0.25) is 9.48 Å². The predicted molar refractivity (Wildman–Crippen MR) is 77.7 cm³/mol. The molecule has 1 fully saturated rings. The van der Waals surface area contributed by atoms with Crippen LogP contribution < -0.4 is 5.32 Å².